The van der Waals surface area contributed by atoms with Gasteiger partial charge in [-0.3, -0.25) is 29.3 Å². The van der Waals surface area contributed by atoms with E-state index < -0.39 is 52.6 Å². The first-order chi connectivity index (χ1) is 17.3. The van der Waals surface area contributed by atoms with E-state index >= 15 is 0 Å². The van der Waals surface area contributed by atoms with Crippen molar-refractivity contribution >= 4 is 29.2 Å². The molecule has 9 nitrogen and oxygen atoms in total. The van der Waals surface area contributed by atoms with Gasteiger partial charge in [0, 0.05) is 23.3 Å². The lowest BCUT2D eigenvalue weighted by molar-refractivity contribution is -0.384. The van der Waals surface area contributed by atoms with E-state index in [0.29, 0.717) is 11.8 Å². The molecular formula is C26H20FN3O6. The van der Waals surface area contributed by atoms with Gasteiger partial charge >= 0.3 is 0 Å². The highest BCUT2D eigenvalue weighted by atomic mass is 19.1. The number of Topliss-reactive ketones (excluding diaryl/α,β-unsaturated/α-hetero) is 1. The minimum Gasteiger partial charge on any atom is -0.292 e. The molecule has 1 heterocycles. The van der Waals surface area contributed by atoms with Crippen LogP contribution in [0.4, 0.5) is 10.1 Å². The molecule has 6 atom stereocenters. The van der Waals surface area contributed by atoms with Gasteiger partial charge in [-0.05, 0) is 66.5 Å². The van der Waals surface area contributed by atoms with Crippen LogP contribution in [0.5, 0.6) is 0 Å². The molecule has 2 bridgehead atoms. The highest BCUT2D eigenvalue weighted by molar-refractivity contribution is 6.10. The smallest absolute Gasteiger partial charge is 0.273 e. The van der Waals surface area contributed by atoms with Crippen LogP contribution in [0.3, 0.4) is 0 Å². The van der Waals surface area contributed by atoms with Gasteiger partial charge in [0.25, 0.3) is 23.4 Å². The van der Waals surface area contributed by atoms with E-state index in [1.54, 1.807) is 0 Å². The standard InChI is InChI=1S/C26H20FN3O6/c27-15-5-1-13(2-6-15)21(31)12-28(24(32)14-3-7-16(8-4-14)30(35)36)29-25(33)22-17-9-10-18(20-11-19(17)20)23(22)26(29)34/h1-10,17-20,22-23H,11-12H2/t17-,18-,19-,20+,22+,23+/m0/s1. The number of rotatable bonds is 6. The number of imide groups is 1. The number of benzene rings is 2. The normalized spacial score (nSPS) is 29.1. The number of carbonyl (C=O) groups excluding carboxylic acids is 4. The predicted octanol–water partition coefficient (Wildman–Crippen LogP) is 3.03. The number of allylic oxidation sites excluding steroid dienone is 2. The zero-order valence-corrected chi connectivity index (χ0v) is 18.8. The highest BCUT2D eigenvalue weighted by Gasteiger charge is 2.68. The fraction of sp³-hybridized carbons (Fsp3) is 0.308. The number of ketones is 1. The van der Waals surface area contributed by atoms with Crippen molar-refractivity contribution in [3.8, 4) is 0 Å². The maximum absolute atomic E-state index is 13.6. The number of hydrazine groups is 1. The molecule has 1 aliphatic heterocycles. The average Bonchev–Trinajstić information content (AvgIpc) is 3.66. The Kier molecular flexibility index (Phi) is 4.89. The third-order valence-corrected chi connectivity index (χ3v) is 7.90. The molecule has 10 heteroatoms. The van der Waals surface area contributed by atoms with Crippen LogP contribution in [-0.2, 0) is 9.59 Å². The number of hydrogen-bond donors (Lipinski definition) is 0. The van der Waals surface area contributed by atoms with Crippen LogP contribution in [0.2, 0.25) is 0 Å². The largest absolute Gasteiger partial charge is 0.292 e. The number of non-ortho nitro benzene ring substituents is 1. The molecule has 182 valence electrons. The number of hydrogen-bond acceptors (Lipinski definition) is 6. The van der Waals surface area contributed by atoms with Gasteiger partial charge in [-0.1, -0.05) is 12.2 Å². The van der Waals surface area contributed by atoms with E-state index in [4.69, 9.17) is 0 Å². The summed E-state index contributed by atoms with van der Waals surface area (Å²) in [5, 5.41) is 12.7. The van der Waals surface area contributed by atoms with E-state index in [1.807, 2.05) is 12.2 Å². The summed E-state index contributed by atoms with van der Waals surface area (Å²) in [6, 6.07) is 9.44. The summed E-state index contributed by atoms with van der Waals surface area (Å²) in [5.74, 6) is -3.57. The molecule has 2 saturated carbocycles. The first kappa shape index (κ1) is 22.3. The Morgan fingerprint density at radius 2 is 1.44 bits per heavy atom. The lowest BCUT2D eigenvalue weighted by atomic mass is 9.63. The van der Waals surface area contributed by atoms with Crippen LogP contribution < -0.4 is 0 Å². The fourth-order valence-electron chi connectivity index (χ4n) is 6.15. The van der Waals surface area contributed by atoms with E-state index in [9.17, 15) is 33.7 Å². The molecular weight excluding hydrogens is 469 g/mol. The number of nitro benzene ring substituents is 1. The van der Waals surface area contributed by atoms with E-state index in [2.05, 4.69) is 0 Å². The molecule has 3 fully saturated rings. The molecule has 0 N–H and O–H groups in total. The van der Waals surface area contributed by atoms with Crippen LogP contribution in [-0.4, -0.2) is 45.0 Å². The summed E-state index contributed by atoms with van der Waals surface area (Å²) < 4.78 is 13.4. The van der Waals surface area contributed by atoms with Crippen LogP contribution in [0.15, 0.2) is 60.7 Å². The van der Waals surface area contributed by atoms with Crippen LogP contribution in [0.25, 0.3) is 0 Å². The summed E-state index contributed by atoms with van der Waals surface area (Å²) in [7, 11) is 0. The topological polar surface area (TPSA) is 118 Å². The second-order valence-corrected chi connectivity index (χ2v) is 9.74. The first-order valence-electron chi connectivity index (χ1n) is 11.7. The Morgan fingerprint density at radius 3 is 1.97 bits per heavy atom. The molecule has 0 spiro atoms. The van der Waals surface area contributed by atoms with Crippen molar-refractivity contribution in [3.63, 3.8) is 0 Å². The van der Waals surface area contributed by atoms with E-state index in [0.717, 1.165) is 40.7 Å². The molecule has 2 aromatic carbocycles. The number of nitro groups is 1. The van der Waals surface area contributed by atoms with Crippen molar-refractivity contribution in [2.24, 2.45) is 35.5 Å². The summed E-state index contributed by atoms with van der Waals surface area (Å²) in [5.41, 5.74) is -0.147. The maximum Gasteiger partial charge on any atom is 0.273 e. The third-order valence-electron chi connectivity index (χ3n) is 7.90. The minimum atomic E-state index is -0.814. The average molecular weight is 489 g/mol. The quantitative estimate of drug-likeness (QED) is 0.202. The van der Waals surface area contributed by atoms with Crippen molar-refractivity contribution < 1.29 is 28.5 Å². The maximum atomic E-state index is 13.6. The summed E-state index contributed by atoms with van der Waals surface area (Å²) in [6.07, 6.45) is 4.98. The zero-order chi connectivity index (χ0) is 25.3. The second kappa shape index (κ2) is 7.91. The number of carbonyl (C=O) groups is 4. The first-order valence-corrected chi connectivity index (χ1v) is 11.7. The molecule has 0 unspecified atom stereocenters. The van der Waals surface area contributed by atoms with Gasteiger partial charge < -0.3 is 0 Å². The minimum absolute atomic E-state index is 0.0214. The lowest BCUT2D eigenvalue weighted by Gasteiger charge is -2.37. The molecule has 4 aliphatic carbocycles. The van der Waals surface area contributed by atoms with E-state index in [-0.39, 0.29) is 28.7 Å². The van der Waals surface area contributed by atoms with Gasteiger partial charge in [-0.15, -0.1) is 0 Å². The highest BCUT2D eigenvalue weighted by Crippen LogP contribution is 2.65. The van der Waals surface area contributed by atoms with E-state index in [1.165, 1.54) is 24.3 Å². The molecule has 1 saturated heterocycles. The van der Waals surface area contributed by atoms with Gasteiger partial charge in [0.05, 0.1) is 16.8 Å². The third kappa shape index (κ3) is 3.28. The fourth-order valence-corrected chi connectivity index (χ4v) is 6.15. The molecule has 2 aromatic rings. The van der Waals surface area contributed by atoms with Crippen molar-refractivity contribution in [1.29, 1.82) is 0 Å². The summed E-state index contributed by atoms with van der Waals surface area (Å²) in [4.78, 5) is 64.3. The van der Waals surface area contributed by atoms with Gasteiger partial charge in [0.15, 0.2) is 5.78 Å². The van der Waals surface area contributed by atoms with Crippen molar-refractivity contribution in [1.82, 2.24) is 10.0 Å². The Balaban J connectivity index is 1.35. The molecule has 36 heavy (non-hydrogen) atoms. The number of halogens is 1. The molecule has 0 aromatic heterocycles. The second-order valence-electron chi connectivity index (χ2n) is 9.74. The Hall–Kier alpha value is -4.21. The SMILES string of the molecule is O=C(CN(C(=O)c1ccc([N+](=O)[O-])cc1)N1C(=O)[C@@H]2[C@H]3C=C[C@@H]([C@@H]4C[C@H]34)[C@H]2C1=O)c1ccc(F)cc1. The Morgan fingerprint density at radius 1 is 0.917 bits per heavy atom. The van der Waals surface area contributed by atoms with Gasteiger partial charge in [-0.25, -0.2) is 9.40 Å². The van der Waals surface area contributed by atoms with Crippen LogP contribution in [0, 0.1) is 51.4 Å². The summed E-state index contributed by atoms with van der Waals surface area (Å²) >= 11 is 0. The van der Waals surface area contributed by atoms with Crippen molar-refractivity contribution in [3.05, 3.63) is 87.7 Å². The molecule has 5 aliphatic rings. The number of amides is 3. The lowest BCUT2D eigenvalue weighted by Crippen LogP contribution is -2.52. The van der Waals surface area contributed by atoms with Gasteiger partial charge in [0.2, 0.25) is 0 Å². The summed E-state index contributed by atoms with van der Waals surface area (Å²) in [6.45, 7) is -0.631. The molecule has 0 radical (unpaired) electrons. The predicted molar refractivity (Wildman–Crippen MR) is 121 cm³/mol. The Labute approximate surface area is 204 Å². The molecule has 7 rings (SSSR count). The van der Waals surface area contributed by atoms with Crippen LogP contribution in [0.1, 0.15) is 27.1 Å². The van der Waals surface area contributed by atoms with Gasteiger partial charge in [-0.2, -0.15) is 5.01 Å². The van der Waals surface area contributed by atoms with Crippen molar-refractivity contribution in [2.45, 2.75) is 6.42 Å². The molecule has 3 amide bonds. The Bertz CT molecular complexity index is 1320. The van der Waals surface area contributed by atoms with Crippen molar-refractivity contribution in [2.75, 3.05) is 6.54 Å². The monoisotopic (exact) mass is 489 g/mol. The van der Waals surface area contributed by atoms with Gasteiger partial charge in [0.1, 0.15) is 12.4 Å². The zero-order valence-electron chi connectivity index (χ0n) is 18.8. The number of nitrogens with zero attached hydrogens (tertiary/aromatic N) is 3. The van der Waals surface area contributed by atoms with Crippen LogP contribution >= 0.6 is 0 Å².